The van der Waals surface area contributed by atoms with Crippen LogP contribution in [-0.4, -0.2) is 17.5 Å². The lowest BCUT2D eigenvalue weighted by Gasteiger charge is -2.12. The fraction of sp³-hybridized carbons (Fsp3) is 0.176. The number of amides is 1. The molecule has 0 radical (unpaired) electrons. The van der Waals surface area contributed by atoms with Crippen LogP contribution in [0.15, 0.2) is 46.9 Å². The summed E-state index contributed by atoms with van der Waals surface area (Å²) < 4.78 is 11.0. The summed E-state index contributed by atoms with van der Waals surface area (Å²) in [4.78, 5) is 16.4. The van der Waals surface area contributed by atoms with Crippen LogP contribution in [0.1, 0.15) is 18.9 Å². The summed E-state index contributed by atoms with van der Waals surface area (Å²) in [5.74, 6) is 0.524. The molecule has 1 aromatic heterocycles. The van der Waals surface area contributed by atoms with E-state index in [0.29, 0.717) is 27.3 Å². The number of carbonyl (C=O) groups excluding carboxylic acids is 1. The highest BCUT2D eigenvalue weighted by Crippen LogP contribution is 2.27. The third-order valence-corrected chi connectivity index (χ3v) is 3.84. The Labute approximate surface area is 148 Å². The summed E-state index contributed by atoms with van der Waals surface area (Å²) in [5, 5.41) is 3.62. The van der Waals surface area contributed by atoms with Gasteiger partial charge in [-0.3, -0.25) is 4.79 Å². The van der Waals surface area contributed by atoms with Crippen molar-refractivity contribution in [1.82, 2.24) is 10.3 Å². The van der Waals surface area contributed by atoms with Gasteiger partial charge in [0.15, 0.2) is 12.2 Å². The number of nitrogens with one attached hydrogen (secondary N) is 1. The Morgan fingerprint density at radius 1 is 1.29 bits per heavy atom. The molecule has 1 unspecified atom stereocenters. The molecule has 0 aliphatic rings. The fourth-order valence-corrected chi connectivity index (χ4v) is 2.62. The van der Waals surface area contributed by atoms with Gasteiger partial charge in [-0.25, -0.2) is 4.98 Å². The second-order valence-corrected chi connectivity index (χ2v) is 6.02. The average Bonchev–Trinajstić information content (AvgIpc) is 2.98. The maximum atomic E-state index is 12.0. The Morgan fingerprint density at radius 2 is 2.08 bits per heavy atom. The second-order valence-electron chi connectivity index (χ2n) is 5.17. The SMILES string of the molecule is CC(NC(=O)COc1ccc(Cl)cc1Cl)c1nc2ccccc2o1. The van der Waals surface area contributed by atoms with E-state index in [4.69, 9.17) is 32.4 Å². The predicted molar refractivity (Wildman–Crippen MR) is 92.5 cm³/mol. The van der Waals surface area contributed by atoms with Crippen molar-refractivity contribution in [2.45, 2.75) is 13.0 Å². The minimum absolute atomic E-state index is 0.175. The maximum absolute atomic E-state index is 12.0. The van der Waals surface area contributed by atoms with Gasteiger partial charge in [-0.15, -0.1) is 0 Å². The number of carbonyl (C=O) groups is 1. The maximum Gasteiger partial charge on any atom is 0.258 e. The first-order valence-corrected chi connectivity index (χ1v) is 8.01. The van der Waals surface area contributed by atoms with Crippen molar-refractivity contribution in [3.05, 3.63) is 58.4 Å². The summed E-state index contributed by atoms with van der Waals surface area (Å²) >= 11 is 11.8. The zero-order chi connectivity index (χ0) is 17.1. The van der Waals surface area contributed by atoms with Gasteiger partial charge in [0.2, 0.25) is 5.89 Å². The molecule has 2 aromatic carbocycles. The molecule has 1 atom stereocenters. The summed E-state index contributed by atoms with van der Waals surface area (Å²) in [6, 6.07) is 11.8. The Hall–Kier alpha value is -2.24. The van der Waals surface area contributed by atoms with Gasteiger partial charge in [0.05, 0.1) is 5.02 Å². The normalized spacial score (nSPS) is 12.1. The summed E-state index contributed by atoms with van der Waals surface area (Å²) in [7, 11) is 0. The number of rotatable bonds is 5. The molecule has 0 bridgehead atoms. The van der Waals surface area contributed by atoms with E-state index in [1.165, 1.54) is 0 Å². The molecule has 0 aliphatic carbocycles. The van der Waals surface area contributed by atoms with E-state index in [0.717, 1.165) is 5.52 Å². The number of ether oxygens (including phenoxy) is 1. The molecule has 0 spiro atoms. The second kappa shape index (κ2) is 7.11. The van der Waals surface area contributed by atoms with Crippen molar-refractivity contribution < 1.29 is 13.9 Å². The number of hydrogen-bond acceptors (Lipinski definition) is 4. The molecule has 5 nitrogen and oxygen atoms in total. The molecule has 7 heteroatoms. The van der Waals surface area contributed by atoms with Gasteiger partial charge in [-0.2, -0.15) is 0 Å². The van der Waals surface area contributed by atoms with Crippen molar-refractivity contribution >= 4 is 40.2 Å². The minimum Gasteiger partial charge on any atom is -0.482 e. The first-order valence-electron chi connectivity index (χ1n) is 7.25. The monoisotopic (exact) mass is 364 g/mol. The first-order chi connectivity index (χ1) is 11.5. The molecule has 124 valence electrons. The van der Waals surface area contributed by atoms with Gasteiger partial charge in [0.25, 0.3) is 5.91 Å². The van der Waals surface area contributed by atoms with Crippen LogP contribution in [0, 0.1) is 0 Å². The van der Waals surface area contributed by atoms with Crippen LogP contribution in [-0.2, 0) is 4.79 Å². The Morgan fingerprint density at radius 3 is 2.83 bits per heavy atom. The molecule has 0 fully saturated rings. The number of nitrogens with zero attached hydrogens (tertiary/aromatic N) is 1. The van der Waals surface area contributed by atoms with Crippen molar-refractivity contribution in [3.63, 3.8) is 0 Å². The van der Waals surface area contributed by atoms with Crippen LogP contribution in [0.3, 0.4) is 0 Å². The number of halogens is 2. The van der Waals surface area contributed by atoms with Crippen LogP contribution in [0.5, 0.6) is 5.75 Å². The lowest BCUT2D eigenvalue weighted by atomic mass is 10.3. The van der Waals surface area contributed by atoms with Gasteiger partial charge in [0, 0.05) is 5.02 Å². The van der Waals surface area contributed by atoms with Gasteiger partial charge in [-0.1, -0.05) is 35.3 Å². The van der Waals surface area contributed by atoms with Crippen LogP contribution < -0.4 is 10.1 Å². The number of aromatic nitrogens is 1. The van der Waals surface area contributed by atoms with E-state index in [1.54, 1.807) is 25.1 Å². The lowest BCUT2D eigenvalue weighted by Crippen LogP contribution is -2.31. The van der Waals surface area contributed by atoms with Crippen LogP contribution in [0.2, 0.25) is 10.0 Å². The zero-order valence-corrected chi connectivity index (χ0v) is 14.3. The largest absolute Gasteiger partial charge is 0.482 e. The first kappa shape index (κ1) is 16.6. The van der Waals surface area contributed by atoms with Crippen LogP contribution in [0.4, 0.5) is 0 Å². The Bertz CT molecular complexity index is 846. The standard InChI is InChI=1S/C17H14Cl2N2O3/c1-10(17-21-13-4-2-3-5-15(13)24-17)20-16(22)9-23-14-7-6-11(18)8-12(14)19/h2-8,10H,9H2,1H3,(H,20,22). The third-order valence-electron chi connectivity index (χ3n) is 3.31. The lowest BCUT2D eigenvalue weighted by molar-refractivity contribution is -0.123. The molecule has 1 amide bonds. The van der Waals surface area contributed by atoms with Crippen molar-refractivity contribution in [2.24, 2.45) is 0 Å². The highest BCUT2D eigenvalue weighted by atomic mass is 35.5. The number of benzene rings is 2. The van der Waals surface area contributed by atoms with E-state index in [-0.39, 0.29) is 18.6 Å². The van der Waals surface area contributed by atoms with Gasteiger partial charge < -0.3 is 14.5 Å². The molecule has 0 aliphatic heterocycles. The molecule has 1 N–H and O–H groups in total. The molecule has 3 aromatic rings. The van der Waals surface area contributed by atoms with Crippen LogP contribution in [0.25, 0.3) is 11.1 Å². The van der Waals surface area contributed by atoms with Gasteiger partial charge >= 0.3 is 0 Å². The fourth-order valence-electron chi connectivity index (χ4n) is 2.16. The summed E-state index contributed by atoms with van der Waals surface area (Å²) in [6.45, 7) is 1.61. The molecular formula is C17H14Cl2N2O3. The molecule has 0 saturated heterocycles. The highest BCUT2D eigenvalue weighted by Gasteiger charge is 2.16. The zero-order valence-electron chi connectivity index (χ0n) is 12.8. The Kier molecular flexibility index (Phi) is 4.92. The quantitative estimate of drug-likeness (QED) is 0.728. The topological polar surface area (TPSA) is 64.4 Å². The number of para-hydroxylation sites is 2. The van der Waals surface area contributed by atoms with E-state index >= 15 is 0 Å². The third kappa shape index (κ3) is 3.80. The number of hydrogen-bond donors (Lipinski definition) is 1. The summed E-state index contributed by atoms with van der Waals surface area (Å²) in [6.07, 6.45) is 0. The van der Waals surface area contributed by atoms with E-state index < -0.39 is 0 Å². The van der Waals surface area contributed by atoms with Crippen molar-refractivity contribution in [2.75, 3.05) is 6.61 Å². The molecular weight excluding hydrogens is 351 g/mol. The minimum atomic E-state index is -0.380. The summed E-state index contributed by atoms with van der Waals surface area (Å²) in [5.41, 5.74) is 1.43. The molecule has 0 saturated carbocycles. The van der Waals surface area contributed by atoms with Crippen LogP contribution >= 0.6 is 23.2 Å². The van der Waals surface area contributed by atoms with E-state index in [9.17, 15) is 4.79 Å². The van der Waals surface area contributed by atoms with Gasteiger partial charge in [-0.05, 0) is 37.3 Å². The molecule has 1 heterocycles. The number of oxazole rings is 1. The van der Waals surface area contributed by atoms with E-state index in [2.05, 4.69) is 10.3 Å². The highest BCUT2D eigenvalue weighted by molar-refractivity contribution is 6.35. The van der Waals surface area contributed by atoms with Gasteiger partial charge in [0.1, 0.15) is 17.3 Å². The van der Waals surface area contributed by atoms with Crippen molar-refractivity contribution in [1.29, 1.82) is 0 Å². The molecule has 24 heavy (non-hydrogen) atoms. The molecule has 3 rings (SSSR count). The Balaban J connectivity index is 1.59. The number of fused-ring (bicyclic) bond motifs is 1. The van der Waals surface area contributed by atoms with E-state index in [1.807, 2.05) is 24.3 Å². The predicted octanol–water partition coefficient (Wildman–Crippen LogP) is 4.39. The smallest absolute Gasteiger partial charge is 0.258 e. The average molecular weight is 365 g/mol. The van der Waals surface area contributed by atoms with Crippen molar-refractivity contribution in [3.8, 4) is 5.75 Å².